The molecule has 0 bridgehead atoms. The number of carboxylic acids is 1. The molecule has 104 valence electrons. The van der Waals surface area contributed by atoms with Gasteiger partial charge in [0.05, 0.1) is 12.6 Å². The summed E-state index contributed by atoms with van der Waals surface area (Å²) in [4.78, 5) is 12.4. The number of rotatable bonds is 3. The molecule has 0 amide bonds. The number of fused-ring (bicyclic) bond motifs is 1. The van der Waals surface area contributed by atoms with Gasteiger partial charge >= 0.3 is 5.97 Å². The zero-order chi connectivity index (χ0) is 14.2. The number of ether oxygens (including phenoxy) is 1. The van der Waals surface area contributed by atoms with Crippen molar-refractivity contribution < 1.29 is 19.7 Å². The van der Waals surface area contributed by atoms with Crippen molar-refractivity contribution >= 4 is 5.97 Å². The van der Waals surface area contributed by atoms with Gasteiger partial charge in [0.25, 0.3) is 0 Å². The summed E-state index contributed by atoms with van der Waals surface area (Å²) in [7, 11) is 1.68. The molecule has 5 nitrogen and oxygen atoms in total. The molecule has 0 saturated carbocycles. The zero-order valence-electron chi connectivity index (χ0n) is 11.4. The minimum atomic E-state index is -0.916. The zero-order valence-corrected chi connectivity index (χ0v) is 11.4. The maximum atomic E-state index is 10.7. The number of carbonyl (C=O) groups is 1. The molecule has 0 saturated heterocycles. The minimum Gasteiger partial charge on any atom is -0.491 e. The summed E-state index contributed by atoms with van der Waals surface area (Å²) in [5, 5.41) is 19.3. The number of carboxylic acid groups (broad SMARTS) is 1. The van der Waals surface area contributed by atoms with Crippen LogP contribution in [0.25, 0.3) is 0 Å². The van der Waals surface area contributed by atoms with Gasteiger partial charge < -0.3 is 14.9 Å². The van der Waals surface area contributed by atoms with Crippen molar-refractivity contribution in [3.05, 3.63) is 28.8 Å². The summed E-state index contributed by atoms with van der Waals surface area (Å²) in [5.41, 5.74) is 2.79. The van der Waals surface area contributed by atoms with Gasteiger partial charge in [-0.05, 0) is 32.5 Å². The fourth-order valence-electron chi connectivity index (χ4n) is 2.57. The molecule has 1 aromatic rings. The number of aliphatic hydroxyl groups is 1. The minimum absolute atomic E-state index is 0.120. The van der Waals surface area contributed by atoms with Crippen molar-refractivity contribution in [3.8, 4) is 5.75 Å². The number of aliphatic carboxylic acids is 1. The molecule has 1 heterocycles. The highest BCUT2D eigenvalue weighted by Crippen LogP contribution is 2.37. The molecule has 0 fully saturated rings. The summed E-state index contributed by atoms with van der Waals surface area (Å²) in [6.45, 7) is 4.08. The number of aryl methyl sites for hydroxylation is 2. The van der Waals surface area contributed by atoms with Gasteiger partial charge in [0.1, 0.15) is 18.5 Å². The predicted octanol–water partition coefficient (Wildman–Crippen LogP) is 1.11. The van der Waals surface area contributed by atoms with E-state index in [1.165, 1.54) is 0 Å². The molecular formula is C14H19NO4. The van der Waals surface area contributed by atoms with Gasteiger partial charge in [-0.25, -0.2) is 0 Å². The number of nitrogens with zero attached hydrogens (tertiary/aromatic N) is 1. The van der Waals surface area contributed by atoms with E-state index in [2.05, 4.69) is 0 Å². The van der Waals surface area contributed by atoms with E-state index in [0.29, 0.717) is 6.61 Å². The number of likely N-dealkylation sites (N-methyl/N-ethyl adjacent to an activating group) is 1. The van der Waals surface area contributed by atoms with Crippen LogP contribution in [0.5, 0.6) is 5.75 Å². The van der Waals surface area contributed by atoms with Crippen molar-refractivity contribution in [2.75, 3.05) is 20.2 Å². The fraction of sp³-hybridized carbons (Fsp3) is 0.500. The quantitative estimate of drug-likeness (QED) is 0.857. The first-order valence-electron chi connectivity index (χ1n) is 6.24. The average molecular weight is 265 g/mol. The molecule has 1 aromatic carbocycles. The Morgan fingerprint density at radius 1 is 1.47 bits per heavy atom. The van der Waals surface area contributed by atoms with E-state index in [9.17, 15) is 9.90 Å². The predicted molar refractivity (Wildman–Crippen MR) is 70.4 cm³/mol. The molecule has 2 atom stereocenters. The normalized spacial score (nSPS) is 21.9. The van der Waals surface area contributed by atoms with Gasteiger partial charge in [-0.1, -0.05) is 11.6 Å². The first-order valence-corrected chi connectivity index (χ1v) is 6.24. The summed E-state index contributed by atoms with van der Waals surface area (Å²) in [6.07, 6.45) is -0.730. The fourth-order valence-corrected chi connectivity index (χ4v) is 2.57. The summed E-state index contributed by atoms with van der Waals surface area (Å²) < 4.78 is 5.70. The Bertz CT molecular complexity index is 500. The number of aliphatic hydroxyl groups excluding tert-OH is 1. The van der Waals surface area contributed by atoms with E-state index in [4.69, 9.17) is 9.84 Å². The van der Waals surface area contributed by atoms with Gasteiger partial charge in [0, 0.05) is 5.56 Å². The van der Waals surface area contributed by atoms with E-state index >= 15 is 0 Å². The van der Waals surface area contributed by atoms with Crippen LogP contribution in [0.2, 0.25) is 0 Å². The Kier molecular flexibility index (Phi) is 3.78. The van der Waals surface area contributed by atoms with Crippen molar-refractivity contribution in [2.45, 2.75) is 26.0 Å². The van der Waals surface area contributed by atoms with Crippen LogP contribution in [0.1, 0.15) is 22.8 Å². The molecule has 0 aliphatic carbocycles. The van der Waals surface area contributed by atoms with Crippen LogP contribution in [0, 0.1) is 13.8 Å². The summed E-state index contributed by atoms with van der Waals surface area (Å²) in [6, 6.07) is 3.56. The lowest BCUT2D eigenvalue weighted by molar-refractivity contribution is -0.139. The second-order valence-electron chi connectivity index (χ2n) is 5.13. The Labute approximate surface area is 112 Å². The lowest BCUT2D eigenvalue weighted by Crippen LogP contribution is -2.46. The molecule has 0 aromatic heterocycles. The molecule has 2 N–H and O–H groups in total. The van der Waals surface area contributed by atoms with Crippen LogP contribution in [0.3, 0.4) is 0 Å². The third-order valence-electron chi connectivity index (χ3n) is 3.48. The van der Waals surface area contributed by atoms with Gasteiger partial charge in [-0.3, -0.25) is 9.69 Å². The van der Waals surface area contributed by atoms with Crippen LogP contribution in [-0.2, 0) is 4.79 Å². The van der Waals surface area contributed by atoms with Crippen LogP contribution < -0.4 is 4.74 Å². The van der Waals surface area contributed by atoms with E-state index in [0.717, 1.165) is 22.4 Å². The molecule has 2 rings (SSSR count). The molecule has 1 aliphatic heterocycles. The maximum absolute atomic E-state index is 10.7. The second-order valence-corrected chi connectivity index (χ2v) is 5.13. The van der Waals surface area contributed by atoms with E-state index in [1.807, 2.05) is 26.0 Å². The second kappa shape index (κ2) is 5.19. The van der Waals surface area contributed by atoms with Crippen LogP contribution in [0.4, 0.5) is 0 Å². The van der Waals surface area contributed by atoms with E-state index < -0.39 is 12.1 Å². The van der Waals surface area contributed by atoms with Crippen LogP contribution >= 0.6 is 0 Å². The van der Waals surface area contributed by atoms with Crippen molar-refractivity contribution in [3.63, 3.8) is 0 Å². The third kappa shape index (κ3) is 2.72. The lowest BCUT2D eigenvalue weighted by Gasteiger charge is -2.36. The van der Waals surface area contributed by atoms with Crippen molar-refractivity contribution in [1.29, 1.82) is 0 Å². The SMILES string of the molecule is Cc1cc(C)c2c(c1)C(O)C(N(C)CC(=O)O)CO2. The highest BCUT2D eigenvalue weighted by Gasteiger charge is 2.33. The number of hydrogen-bond donors (Lipinski definition) is 2. The molecule has 0 spiro atoms. The smallest absolute Gasteiger partial charge is 0.317 e. The molecular weight excluding hydrogens is 246 g/mol. The molecule has 5 heteroatoms. The van der Waals surface area contributed by atoms with Crippen molar-refractivity contribution in [1.82, 2.24) is 4.90 Å². The Hall–Kier alpha value is -1.59. The topological polar surface area (TPSA) is 70.0 Å². The van der Waals surface area contributed by atoms with E-state index in [-0.39, 0.29) is 12.6 Å². The first kappa shape index (κ1) is 13.8. The molecule has 0 radical (unpaired) electrons. The molecule has 19 heavy (non-hydrogen) atoms. The van der Waals surface area contributed by atoms with Gasteiger partial charge in [-0.15, -0.1) is 0 Å². The standard InChI is InChI=1S/C14H19NO4/c1-8-4-9(2)14-10(5-8)13(18)11(7-19-14)15(3)6-12(16)17/h4-5,11,13,18H,6-7H2,1-3H3,(H,16,17). The Morgan fingerprint density at radius 3 is 2.79 bits per heavy atom. The maximum Gasteiger partial charge on any atom is 0.317 e. The van der Waals surface area contributed by atoms with E-state index in [1.54, 1.807) is 11.9 Å². The highest BCUT2D eigenvalue weighted by atomic mass is 16.5. The lowest BCUT2D eigenvalue weighted by atomic mass is 9.94. The molecule has 1 aliphatic rings. The average Bonchev–Trinajstić information content (AvgIpc) is 2.29. The first-order chi connectivity index (χ1) is 8.90. The molecule has 2 unspecified atom stereocenters. The number of benzene rings is 1. The van der Waals surface area contributed by atoms with Crippen molar-refractivity contribution in [2.24, 2.45) is 0 Å². The monoisotopic (exact) mass is 265 g/mol. The van der Waals surface area contributed by atoms with Gasteiger partial charge in [0.2, 0.25) is 0 Å². The van der Waals surface area contributed by atoms with Gasteiger partial charge in [0.15, 0.2) is 0 Å². The number of hydrogen-bond acceptors (Lipinski definition) is 4. The van der Waals surface area contributed by atoms with Crippen LogP contribution in [0.15, 0.2) is 12.1 Å². The summed E-state index contributed by atoms with van der Waals surface area (Å²) >= 11 is 0. The Balaban J connectivity index is 2.28. The largest absolute Gasteiger partial charge is 0.491 e. The van der Waals surface area contributed by atoms with Gasteiger partial charge in [-0.2, -0.15) is 0 Å². The summed E-state index contributed by atoms with van der Waals surface area (Å²) in [5.74, 6) is -0.195. The highest BCUT2D eigenvalue weighted by molar-refractivity contribution is 5.69. The van der Waals surface area contributed by atoms with Crippen LogP contribution in [-0.4, -0.2) is 47.3 Å². The Morgan fingerprint density at radius 2 is 2.16 bits per heavy atom. The third-order valence-corrected chi connectivity index (χ3v) is 3.48.